The van der Waals surface area contributed by atoms with Gasteiger partial charge in [-0.1, -0.05) is 41.4 Å². The number of ether oxygens (including phenoxy) is 1. The highest BCUT2D eigenvalue weighted by Gasteiger charge is 2.06. The molecule has 3 aromatic carbocycles. The first-order valence-corrected chi connectivity index (χ1v) is 7.92. The Hall–Kier alpha value is -2.49. The van der Waals surface area contributed by atoms with E-state index in [0.717, 1.165) is 5.75 Å². The summed E-state index contributed by atoms with van der Waals surface area (Å²) < 4.78 is 5.72. The van der Waals surface area contributed by atoms with Crippen molar-refractivity contribution in [2.24, 2.45) is 4.99 Å². The van der Waals surface area contributed by atoms with E-state index >= 15 is 0 Å². The van der Waals surface area contributed by atoms with Crippen LogP contribution in [0.5, 0.6) is 17.2 Å². The minimum Gasteiger partial charge on any atom is -0.506 e. The van der Waals surface area contributed by atoms with Gasteiger partial charge in [-0.05, 0) is 48.5 Å². The van der Waals surface area contributed by atoms with E-state index in [-0.39, 0.29) is 10.8 Å². The predicted octanol–water partition coefficient (Wildman–Crippen LogP) is 6.24. The fourth-order valence-corrected chi connectivity index (χ4v) is 2.56. The van der Waals surface area contributed by atoms with Crippen LogP contribution in [-0.4, -0.2) is 11.3 Å². The van der Waals surface area contributed by atoms with Crippen LogP contribution in [0.4, 0.5) is 5.69 Å². The standard InChI is InChI=1S/C19H13Cl2NO2/c20-14-10-13(19(23)18(21)11-14)12-22-15-6-8-17(9-7-15)24-16-4-2-1-3-5-16/h1-12,23H. The maximum Gasteiger partial charge on any atom is 0.143 e. The van der Waals surface area contributed by atoms with Crippen LogP contribution >= 0.6 is 23.2 Å². The molecule has 0 unspecified atom stereocenters. The zero-order valence-electron chi connectivity index (χ0n) is 12.5. The van der Waals surface area contributed by atoms with Gasteiger partial charge in [0.15, 0.2) is 0 Å². The van der Waals surface area contributed by atoms with E-state index in [9.17, 15) is 5.11 Å². The van der Waals surface area contributed by atoms with Crippen molar-refractivity contribution in [3.8, 4) is 17.2 Å². The van der Waals surface area contributed by atoms with E-state index in [1.807, 2.05) is 54.6 Å². The minimum absolute atomic E-state index is 0.0474. The van der Waals surface area contributed by atoms with Crippen molar-refractivity contribution in [3.63, 3.8) is 0 Å². The fourth-order valence-electron chi connectivity index (χ4n) is 2.05. The number of rotatable bonds is 4. The molecule has 0 aliphatic carbocycles. The smallest absolute Gasteiger partial charge is 0.143 e. The first kappa shape index (κ1) is 16.4. The molecule has 1 N–H and O–H groups in total. The third-order valence-electron chi connectivity index (χ3n) is 3.23. The summed E-state index contributed by atoms with van der Waals surface area (Å²) in [6, 6.07) is 19.9. The average Bonchev–Trinajstić information content (AvgIpc) is 2.59. The molecule has 3 nitrogen and oxygen atoms in total. The summed E-state index contributed by atoms with van der Waals surface area (Å²) in [7, 11) is 0. The van der Waals surface area contributed by atoms with Gasteiger partial charge in [0.1, 0.15) is 17.2 Å². The van der Waals surface area contributed by atoms with Gasteiger partial charge in [-0.3, -0.25) is 4.99 Å². The molecule has 0 bridgehead atoms. The summed E-state index contributed by atoms with van der Waals surface area (Å²) in [5, 5.41) is 10.5. The van der Waals surface area contributed by atoms with Crippen molar-refractivity contribution in [2.45, 2.75) is 0 Å². The first-order valence-electron chi connectivity index (χ1n) is 7.17. The molecule has 5 heteroatoms. The van der Waals surface area contributed by atoms with E-state index in [1.54, 1.807) is 6.07 Å². The summed E-state index contributed by atoms with van der Waals surface area (Å²) in [4.78, 5) is 4.31. The molecule has 0 radical (unpaired) electrons. The first-order chi connectivity index (χ1) is 11.6. The van der Waals surface area contributed by atoms with Gasteiger partial charge in [0.05, 0.1) is 10.7 Å². The monoisotopic (exact) mass is 357 g/mol. The molecule has 0 saturated carbocycles. The van der Waals surface area contributed by atoms with Crippen molar-refractivity contribution in [1.82, 2.24) is 0 Å². The topological polar surface area (TPSA) is 41.8 Å². The Kier molecular flexibility index (Phi) is 5.04. The molecule has 0 amide bonds. The van der Waals surface area contributed by atoms with Crippen molar-refractivity contribution in [1.29, 1.82) is 0 Å². The Morgan fingerprint density at radius 3 is 2.25 bits per heavy atom. The van der Waals surface area contributed by atoms with E-state index in [2.05, 4.69) is 4.99 Å². The van der Waals surface area contributed by atoms with Crippen molar-refractivity contribution >= 4 is 35.1 Å². The van der Waals surface area contributed by atoms with E-state index in [4.69, 9.17) is 27.9 Å². The molecule has 0 heterocycles. The number of aliphatic imine (C=N–C) groups is 1. The van der Waals surface area contributed by atoms with Gasteiger partial charge in [0, 0.05) is 16.8 Å². The molecule has 24 heavy (non-hydrogen) atoms. The van der Waals surface area contributed by atoms with Gasteiger partial charge in [0.2, 0.25) is 0 Å². The normalized spacial score (nSPS) is 10.9. The quantitative estimate of drug-likeness (QED) is 0.561. The van der Waals surface area contributed by atoms with E-state index in [1.165, 1.54) is 12.3 Å². The van der Waals surface area contributed by atoms with Gasteiger partial charge >= 0.3 is 0 Å². The Morgan fingerprint density at radius 1 is 0.875 bits per heavy atom. The van der Waals surface area contributed by atoms with Crippen LogP contribution < -0.4 is 4.74 Å². The molecule has 0 aliphatic heterocycles. The third-order valence-corrected chi connectivity index (χ3v) is 3.73. The molecule has 0 aliphatic rings. The summed E-state index contributed by atoms with van der Waals surface area (Å²) in [6.07, 6.45) is 1.51. The lowest BCUT2D eigenvalue weighted by molar-refractivity contribution is 0.474. The van der Waals surface area contributed by atoms with Crippen molar-refractivity contribution in [3.05, 3.63) is 82.3 Å². The average molecular weight is 358 g/mol. The van der Waals surface area contributed by atoms with Crippen LogP contribution in [0, 0.1) is 0 Å². The Labute approximate surface area is 149 Å². The minimum atomic E-state index is -0.0474. The molecule has 0 fully saturated rings. The summed E-state index contributed by atoms with van der Waals surface area (Å²) in [5.74, 6) is 1.44. The van der Waals surface area contributed by atoms with Crippen LogP contribution in [0.1, 0.15) is 5.56 Å². The number of hydrogen-bond donors (Lipinski definition) is 1. The molecule has 0 spiro atoms. The number of phenols is 1. The molecular formula is C19H13Cl2NO2. The summed E-state index contributed by atoms with van der Waals surface area (Å²) in [6.45, 7) is 0. The second kappa shape index (κ2) is 7.39. The maximum atomic E-state index is 9.91. The number of phenolic OH excluding ortho intramolecular Hbond substituents is 1. The second-order valence-electron chi connectivity index (χ2n) is 4.99. The predicted molar refractivity (Wildman–Crippen MR) is 98.3 cm³/mol. The van der Waals surface area contributed by atoms with Crippen LogP contribution in [-0.2, 0) is 0 Å². The lowest BCUT2D eigenvalue weighted by atomic mass is 10.2. The van der Waals surface area contributed by atoms with Gasteiger partial charge in [-0.2, -0.15) is 0 Å². The molecule has 0 atom stereocenters. The van der Waals surface area contributed by atoms with Crippen LogP contribution in [0.15, 0.2) is 71.7 Å². The molecule has 3 rings (SSSR count). The van der Waals surface area contributed by atoms with Crippen LogP contribution in [0.25, 0.3) is 0 Å². The summed E-state index contributed by atoms with van der Waals surface area (Å²) in [5.41, 5.74) is 1.17. The SMILES string of the molecule is Oc1c(Cl)cc(Cl)cc1C=Nc1ccc(Oc2ccccc2)cc1. The fraction of sp³-hybridized carbons (Fsp3) is 0. The highest BCUT2D eigenvalue weighted by Crippen LogP contribution is 2.30. The lowest BCUT2D eigenvalue weighted by Crippen LogP contribution is -1.84. The Bertz CT molecular complexity index is 863. The number of hydrogen-bond acceptors (Lipinski definition) is 3. The highest BCUT2D eigenvalue weighted by atomic mass is 35.5. The zero-order chi connectivity index (χ0) is 16.9. The Balaban J connectivity index is 1.75. The largest absolute Gasteiger partial charge is 0.506 e. The number of nitrogens with zero attached hydrogens (tertiary/aromatic N) is 1. The highest BCUT2D eigenvalue weighted by molar-refractivity contribution is 6.36. The van der Waals surface area contributed by atoms with Gasteiger partial charge in [0.25, 0.3) is 0 Å². The van der Waals surface area contributed by atoms with E-state index in [0.29, 0.717) is 22.0 Å². The van der Waals surface area contributed by atoms with Gasteiger partial charge < -0.3 is 9.84 Å². The van der Waals surface area contributed by atoms with E-state index < -0.39 is 0 Å². The zero-order valence-corrected chi connectivity index (χ0v) is 14.0. The number of benzene rings is 3. The van der Waals surface area contributed by atoms with Crippen LogP contribution in [0.3, 0.4) is 0 Å². The molecule has 120 valence electrons. The third kappa shape index (κ3) is 4.07. The number of halogens is 2. The van der Waals surface area contributed by atoms with Gasteiger partial charge in [-0.25, -0.2) is 0 Å². The molecular weight excluding hydrogens is 345 g/mol. The molecule has 0 aromatic heterocycles. The number of para-hydroxylation sites is 1. The molecule has 3 aromatic rings. The Morgan fingerprint density at radius 2 is 1.54 bits per heavy atom. The number of aromatic hydroxyl groups is 1. The van der Waals surface area contributed by atoms with Crippen LogP contribution in [0.2, 0.25) is 10.0 Å². The van der Waals surface area contributed by atoms with Gasteiger partial charge in [-0.15, -0.1) is 0 Å². The summed E-state index contributed by atoms with van der Waals surface area (Å²) >= 11 is 11.8. The van der Waals surface area contributed by atoms with Crippen molar-refractivity contribution < 1.29 is 9.84 Å². The maximum absolute atomic E-state index is 9.91. The second-order valence-corrected chi connectivity index (χ2v) is 5.84. The van der Waals surface area contributed by atoms with Crippen molar-refractivity contribution in [2.75, 3.05) is 0 Å². The molecule has 0 saturated heterocycles. The lowest BCUT2D eigenvalue weighted by Gasteiger charge is -2.05.